The van der Waals surface area contributed by atoms with Gasteiger partial charge in [0.05, 0.1) is 11.4 Å². The lowest BCUT2D eigenvalue weighted by molar-refractivity contribution is 0.477. The Labute approximate surface area is 286 Å². The predicted molar refractivity (Wildman–Crippen MR) is 200 cm³/mol. The second-order valence-electron chi connectivity index (χ2n) is 12.7. The highest BCUT2D eigenvalue weighted by Gasteiger charge is 2.33. The third kappa shape index (κ3) is 5.26. The van der Waals surface area contributed by atoms with Gasteiger partial charge in [0.15, 0.2) is 5.82 Å². The van der Waals surface area contributed by atoms with Gasteiger partial charge in [-0.1, -0.05) is 152 Å². The van der Waals surface area contributed by atoms with Gasteiger partial charge in [-0.05, 0) is 68.8 Å². The summed E-state index contributed by atoms with van der Waals surface area (Å²) in [5.74, 6) is 1.34. The molecule has 0 aliphatic heterocycles. The number of fused-ring (bicyclic) bond motifs is 6. The number of hydrogen-bond acceptors (Lipinski definition) is 3. The topological polar surface area (TPSA) is 46.0 Å². The van der Waals surface area contributed by atoms with Gasteiger partial charge in [-0.3, -0.25) is 0 Å². The molecule has 0 fully saturated rings. The molecule has 7 aromatic rings. The van der Waals surface area contributed by atoms with Crippen LogP contribution >= 0.6 is 0 Å². The van der Waals surface area contributed by atoms with Crippen LogP contribution in [0.1, 0.15) is 28.7 Å². The Morgan fingerprint density at radius 3 is 1.90 bits per heavy atom. The summed E-state index contributed by atoms with van der Waals surface area (Å²) < 4.78 is 0. The molecule has 1 aromatic heterocycles. The predicted octanol–water partition coefficient (Wildman–Crippen LogP) is 11.4. The van der Waals surface area contributed by atoms with Gasteiger partial charge in [0.2, 0.25) is 0 Å². The van der Waals surface area contributed by atoms with Gasteiger partial charge in [0.1, 0.15) is 5.75 Å². The Morgan fingerprint density at radius 2 is 1.08 bits per heavy atom. The zero-order valence-corrected chi connectivity index (χ0v) is 26.7. The minimum absolute atomic E-state index is 0.152. The second-order valence-corrected chi connectivity index (χ2v) is 12.7. The van der Waals surface area contributed by atoms with Crippen molar-refractivity contribution in [1.29, 1.82) is 0 Å². The van der Waals surface area contributed by atoms with Gasteiger partial charge in [-0.2, -0.15) is 0 Å². The van der Waals surface area contributed by atoms with Crippen LogP contribution in [0.4, 0.5) is 0 Å². The smallest absolute Gasteiger partial charge is 0.160 e. The van der Waals surface area contributed by atoms with Crippen LogP contribution in [0.2, 0.25) is 0 Å². The van der Waals surface area contributed by atoms with Crippen LogP contribution in [0, 0.1) is 0 Å². The van der Waals surface area contributed by atoms with Crippen molar-refractivity contribution >= 4 is 5.57 Å². The first-order valence-corrected chi connectivity index (χ1v) is 16.7. The Bertz CT molecular complexity index is 2410. The van der Waals surface area contributed by atoms with Crippen LogP contribution in [0.3, 0.4) is 0 Å². The first-order valence-electron chi connectivity index (χ1n) is 16.7. The summed E-state index contributed by atoms with van der Waals surface area (Å²) in [6.45, 7) is 0. The standard InChI is InChI=1S/C46H32N2O/c49-45-21-10-9-18-36(45)33-22-24-39-40-25-23-35(28-42(40)38-20-8-7-19-37(38)41(39)27-33)44-29-43(47-46(48-44)31-14-5-2-6-15-31)34-17-11-16-32(26-34)30-12-3-1-4-13-30/h1-29,40,42,49H. The van der Waals surface area contributed by atoms with Gasteiger partial charge < -0.3 is 5.11 Å². The van der Waals surface area contributed by atoms with Crippen LogP contribution in [0.25, 0.3) is 61.6 Å². The lowest BCUT2D eigenvalue weighted by Crippen LogP contribution is -2.17. The van der Waals surface area contributed by atoms with E-state index in [4.69, 9.17) is 9.97 Å². The Morgan fingerprint density at radius 1 is 0.429 bits per heavy atom. The van der Waals surface area contributed by atoms with E-state index < -0.39 is 0 Å². The number of benzene rings is 6. The maximum Gasteiger partial charge on any atom is 0.160 e. The summed E-state index contributed by atoms with van der Waals surface area (Å²) >= 11 is 0. The monoisotopic (exact) mass is 628 g/mol. The first kappa shape index (κ1) is 28.9. The number of nitrogens with zero attached hydrogens (tertiary/aromatic N) is 2. The lowest BCUT2D eigenvalue weighted by Gasteiger charge is -2.35. The second kappa shape index (κ2) is 12.0. The minimum Gasteiger partial charge on any atom is -0.507 e. The van der Waals surface area contributed by atoms with E-state index in [1.807, 2.05) is 42.5 Å². The highest BCUT2D eigenvalue weighted by atomic mass is 16.3. The molecular weight excluding hydrogens is 597 g/mol. The minimum atomic E-state index is 0.152. The molecule has 2 aliphatic carbocycles. The molecule has 232 valence electrons. The number of rotatable bonds is 5. The average Bonchev–Trinajstić information content (AvgIpc) is 3.18. The van der Waals surface area contributed by atoms with Gasteiger partial charge in [-0.15, -0.1) is 0 Å². The van der Waals surface area contributed by atoms with E-state index in [9.17, 15) is 5.11 Å². The van der Waals surface area contributed by atoms with Crippen molar-refractivity contribution in [2.24, 2.45) is 0 Å². The van der Waals surface area contributed by atoms with Gasteiger partial charge in [0, 0.05) is 28.5 Å². The molecule has 1 heterocycles. The maximum absolute atomic E-state index is 10.6. The van der Waals surface area contributed by atoms with E-state index in [-0.39, 0.29) is 11.8 Å². The normalized spacial score (nSPS) is 15.9. The van der Waals surface area contributed by atoms with Crippen molar-refractivity contribution in [2.75, 3.05) is 0 Å². The molecule has 0 amide bonds. The summed E-state index contributed by atoms with van der Waals surface area (Å²) in [4.78, 5) is 10.3. The van der Waals surface area contributed by atoms with Crippen LogP contribution in [-0.2, 0) is 0 Å². The fourth-order valence-electron chi connectivity index (χ4n) is 7.38. The Balaban J connectivity index is 1.15. The summed E-state index contributed by atoms with van der Waals surface area (Å²) in [6.07, 6.45) is 6.97. The van der Waals surface area contributed by atoms with Crippen molar-refractivity contribution in [1.82, 2.24) is 9.97 Å². The number of phenols is 1. The number of phenolic OH excluding ortho intramolecular Hbond substituents is 1. The van der Waals surface area contributed by atoms with Crippen molar-refractivity contribution in [3.63, 3.8) is 0 Å². The molecule has 0 spiro atoms. The number of aromatic hydroxyl groups is 1. The fraction of sp³-hybridized carbons (Fsp3) is 0.0435. The van der Waals surface area contributed by atoms with E-state index in [1.165, 1.54) is 27.8 Å². The van der Waals surface area contributed by atoms with E-state index in [1.54, 1.807) is 6.07 Å². The number of aromatic nitrogens is 2. The maximum atomic E-state index is 10.6. The van der Waals surface area contributed by atoms with E-state index in [2.05, 4.69) is 127 Å². The summed E-state index contributed by atoms with van der Waals surface area (Å²) in [5.41, 5.74) is 14.1. The molecule has 2 aliphatic rings. The van der Waals surface area contributed by atoms with E-state index >= 15 is 0 Å². The number of hydrogen-bond donors (Lipinski definition) is 1. The van der Waals surface area contributed by atoms with Crippen molar-refractivity contribution < 1.29 is 5.11 Å². The summed E-state index contributed by atoms with van der Waals surface area (Å²) in [7, 11) is 0. The molecule has 6 aromatic carbocycles. The zero-order valence-electron chi connectivity index (χ0n) is 26.7. The van der Waals surface area contributed by atoms with E-state index in [0.29, 0.717) is 11.6 Å². The Kier molecular flexibility index (Phi) is 7.09. The Hall–Kier alpha value is -6.32. The quantitative estimate of drug-likeness (QED) is 0.206. The summed E-state index contributed by atoms with van der Waals surface area (Å²) in [6, 6.07) is 54.3. The molecule has 2 unspecified atom stereocenters. The van der Waals surface area contributed by atoms with Crippen LogP contribution in [-0.4, -0.2) is 15.1 Å². The van der Waals surface area contributed by atoms with Crippen molar-refractivity contribution in [2.45, 2.75) is 11.8 Å². The van der Waals surface area contributed by atoms with Crippen molar-refractivity contribution in [3.05, 3.63) is 193 Å². The van der Waals surface area contributed by atoms with Gasteiger partial charge in [0.25, 0.3) is 0 Å². The van der Waals surface area contributed by atoms with E-state index in [0.717, 1.165) is 44.8 Å². The van der Waals surface area contributed by atoms with Gasteiger partial charge >= 0.3 is 0 Å². The van der Waals surface area contributed by atoms with Crippen molar-refractivity contribution in [3.8, 4) is 61.8 Å². The summed E-state index contributed by atoms with van der Waals surface area (Å²) in [5, 5.41) is 10.6. The van der Waals surface area contributed by atoms with Crippen LogP contribution in [0.15, 0.2) is 176 Å². The largest absolute Gasteiger partial charge is 0.507 e. The number of para-hydroxylation sites is 1. The molecule has 3 nitrogen and oxygen atoms in total. The molecule has 49 heavy (non-hydrogen) atoms. The number of allylic oxidation sites excluding steroid dienone is 4. The molecule has 1 N–H and O–H groups in total. The highest BCUT2D eigenvalue weighted by molar-refractivity contribution is 5.86. The molecule has 0 bridgehead atoms. The molecule has 2 atom stereocenters. The van der Waals surface area contributed by atoms with Crippen LogP contribution in [0.5, 0.6) is 5.75 Å². The third-order valence-corrected chi connectivity index (χ3v) is 9.79. The molecule has 0 radical (unpaired) electrons. The average molecular weight is 629 g/mol. The zero-order chi connectivity index (χ0) is 32.7. The molecular formula is C46H32N2O. The molecule has 9 rings (SSSR count). The van der Waals surface area contributed by atoms with Gasteiger partial charge in [-0.25, -0.2) is 9.97 Å². The fourth-order valence-corrected chi connectivity index (χ4v) is 7.38. The first-order chi connectivity index (χ1) is 24.2. The van der Waals surface area contributed by atoms with Crippen LogP contribution < -0.4 is 0 Å². The highest BCUT2D eigenvalue weighted by Crippen LogP contribution is 2.52. The molecule has 3 heteroatoms. The SMILES string of the molecule is Oc1ccccc1-c1ccc2c(c1)-c1ccccc1C1C=C(c3cc(-c4cccc(-c5ccccc5)c4)nc(-c4ccccc4)n3)C=CC21. The third-order valence-electron chi connectivity index (χ3n) is 9.79. The molecule has 0 saturated heterocycles. The molecule has 0 saturated carbocycles. The lowest BCUT2D eigenvalue weighted by atomic mass is 9.68.